The fourth-order valence-electron chi connectivity index (χ4n) is 2.57. The van der Waals surface area contributed by atoms with Gasteiger partial charge in [-0.3, -0.25) is 4.98 Å². The van der Waals surface area contributed by atoms with E-state index in [1.54, 1.807) is 12.4 Å². The van der Waals surface area contributed by atoms with Gasteiger partial charge in [0.2, 0.25) is 0 Å². The molecule has 1 aliphatic heterocycles. The van der Waals surface area contributed by atoms with E-state index >= 15 is 0 Å². The summed E-state index contributed by atoms with van der Waals surface area (Å²) in [6, 6.07) is 0. The number of aromatic nitrogens is 2. The molecule has 3 rings (SSSR count). The SMILES string of the molecule is Nc1cnc(C2COC3(CCCCC3)O2)cn1. The Labute approximate surface area is 100 Å². The molecule has 1 aromatic heterocycles. The van der Waals surface area contributed by atoms with Crippen molar-refractivity contribution >= 4 is 5.82 Å². The lowest BCUT2D eigenvalue weighted by atomic mass is 9.94. The van der Waals surface area contributed by atoms with Gasteiger partial charge in [-0.15, -0.1) is 0 Å². The molecule has 2 fully saturated rings. The van der Waals surface area contributed by atoms with Gasteiger partial charge in [0.05, 0.1) is 24.7 Å². The van der Waals surface area contributed by atoms with Crippen molar-refractivity contribution in [3.63, 3.8) is 0 Å². The van der Waals surface area contributed by atoms with Crippen molar-refractivity contribution in [2.75, 3.05) is 12.3 Å². The Kier molecular flexibility index (Phi) is 2.72. The van der Waals surface area contributed by atoms with Crippen LogP contribution in [0.1, 0.15) is 43.9 Å². The summed E-state index contributed by atoms with van der Waals surface area (Å²) in [7, 11) is 0. The van der Waals surface area contributed by atoms with E-state index < -0.39 is 0 Å². The molecule has 5 nitrogen and oxygen atoms in total. The molecule has 1 saturated carbocycles. The van der Waals surface area contributed by atoms with Gasteiger partial charge in [0.15, 0.2) is 5.79 Å². The minimum atomic E-state index is -0.355. The Morgan fingerprint density at radius 2 is 2.00 bits per heavy atom. The first-order chi connectivity index (χ1) is 8.27. The highest BCUT2D eigenvalue weighted by Crippen LogP contribution is 2.41. The number of hydrogen-bond donors (Lipinski definition) is 1. The van der Waals surface area contributed by atoms with E-state index in [4.69, 9.17) is 15.2 Å². The third-order valence-corrected chi connectivity index (χ3v) is 3.49. The monoisotopic (exact) mass is 235 g/mol. The van der Waals surface area contributed by atoms with Gasteiger partial charge in [0.25, 0.3) is 0 Å². The molecule has 17 heavy (non-hydrogen) atoms. The van der Waals surface area contributed by atoms with Gasteiger partial charge in [-0.05, 0) is 12.8 Å². The summed E-state index contributed by atoms with van der Waals surface area (Å²) in [5.41, 5.74) is 6.32. The van der Waals surface area contributed by atoms with E-state index in [1.165, 1.54) is 19.3 Å². The molecule has 1 saturated heterocycles. The number of rotatable bonds is 1. The number of nitrogen functional groups attached to an aromatic ring is 1. The first kappa shape index (κ1) is 10.9. The summed E-state index contributed by atoms with van der Waals surface area (Å²) >= 11 is 0. The number of nitrogens with two attached hydrogens (primary N) is 1. The zero-order valence-corrected chi connectivity index (χ0v) is 9.76. The van der Waals surface area contributed by atoms with Crippen LogP contribution < -0.4 is 5.73 Å². The Morgan fingerprint density at radius 3 is 2.71 bits per heavy atom. The molecule has 2 aliphatic rings. The normalized spacial score (nSPS) is 27.4. The average molecular weight is 235 g/mol. The largest absolute Gasteiger partial charge is 0.382 e. The predicted octanol–water partition coefficient (Wildman–Crippen LogP) is 1.81. The minimum absolute atomic E-state index is 0.0961. The van der Waals surface area contributed by atoms with Crippen molar-refractivity contribution in [3.8, 4) is 0 Å². The molecule has 2 heterocycles. The van der Waals surface area contributed by atoms with Crippen molar-refractivity contribution < 1.29 is 9.47 Å². The Balaban J connectivity index is 1.72. The number of anilines is 1. The van der Waals surface area contributed by atoms with Crippen LogP contribution in [0.2, 0.25) is 0 Å². The fourth-order valence-corrected chi connectivity index (χ4v) is 2.57. The Hall–Kier alpha value is -1.20. The maximum absolute atomic E-state index is 6.05. The van der Waals surface area contributed by atoms with E-state index in [-0.39, 0.29) is 11.9 Å². The van der Waals surface area contributed by atoms with E-state index in [9.17, 15) is 0 Å². The second-order valence-electron chi connectivity index (χ2n) is 4.75. The molecule has 0 amide bonds. The number of ether oxygens (including phenoxy) is 2. The summed E-state index contributed by atoms with van der Waals surface area (Å²) in [5.74, 6) is 0.0754. The molecule has 0 bridgehead atoms. The molecule has 1 atom stereocenters. The van der Waals surface area contributed by atoms with Crippen LogP contribution in [0.25, 0.3) is 0 Å². The van der Waals surface area contributed by atoms with Gasteiger partial charge in [-0.2, -0.15) is 0 Å². The van der Waals surface area contributed by atoms with Gasteiger partial charge in [-0.1, -0.05) is 6.42 Å². The second-order valence-corrected chi connectivity index (χ2v) is 4.75. The van der Waals surface area contributed by atoms with E-state index in [0.717, 1.165) is 18.5 Å². The molecule has 1 unspecified atom stereocenters. The van der Waals surface area contributed by atoms with E-state index in [2.05, 4.69) is 9.97 Å². The maximum atomic E-state index is 6.05. The molecule has 0 radical (unpaired) electrons. The van der Waals surface area contributed by atoms with E-state index in [0.29, 0.717) is 12.4 Å². The van der Waals surface area contributed by atoms with Crippen molar-refractivity contribution in [1.82, 2.24) is 9.97 Å². The summed E-state index contributed by atoms with van der Waals surface area (Å²) in [6.45, 7) is 0.568. The molecule has 1 spiro atoms. The zero-order valence-electron chi connectivity index (χ0n) is 9.76. The summed E-state index contributed by atoms with van der Waals surface area (Å²) in [6.07, 6.45) is 8.76. The van der Waals surface area contributed by atoms with Gasteiger partial charge in [0, 0.05) is 12.8 Å². The molecule has 5 heteroatoms. The lowest BCUT2D eigenvalue weighted by molar-refractivity contribution is -0.188. The van der Waals surface area contributed by atoms with Crippen LogP contribution in [-0.2, 0) is 9.47 Å². The van der Waals surface area contributed by atoms with Crippen molar-refractivity contribution in [2.24, 2.45) is 0 Å². The first-order valence-electron chi connectivity index (χ1n) is 6.17. The van der Waals surface area contributed by atoms with Gasteiger partial charge >= 0.3 is 0 Å². The third kappa shape index (κ3) is 2.12. The summed E-state index contributed by atoms with van der Waals surface area (Å²) in [5, 5.41) is 0. The number of nitrogens with zero attached hydrogens (tertiary/aromatic N) is 2. The minimum Gasteiger partial charge on any atom is -0.382 e. The molecular weight excluding hydrogens is 218 g/mol. The van der Waals surface area contributed by atoms with Crippen molar-refractivity contribution in [3.05, 3.63) is 18.1 Å². The smallest absolute Gasteiger partial charge is 0.169 e. The molecule has 92 valence electrons. The standard InChI is InChI=1S/C12H17N3O2/c13-11-7-14-9(6-15-11)10-8-16-12(17-10)4-2-1-3-5-12/h6-7,10H,1-5,8H2,(H2,13,15). The zero-order chi connectivity index (χ0) is 11.7. The van der Waals surface area contributed by atoms with Crippen LogP contribution in [0.4, 0.5) is 5.82 Å². The van der Waals surface area contributed by atoms with Crippen LogP contribution in [0.3, 0.4) is 0 Å². The van der Waals surface area contributed by atoms with E-state index in [1.807, 2.05) is 0 Å². The lowest BCUT2D eigenvalue weighted by Gasteiger charge is -2.31. The summed E-state index contributed by atoms with van der Waals surface area (Å²) < 4.78 is 11.9. The molecule has 1 aromatic rings. The average Bonchev–Trinajstić information content (AvgIpc) is 2.75. The van der Waals surface area contributed by atoms with Crippen LogP contribution in [0.5, 0.6) is 0 Å². The molecule has 1 aliphatic carbocycles. The van der Waals surface area contributed by atoms with Gasteiger partial charge in [-0.25, -0.2) is 4.98 Å². The highest BCUT2D eigenvalue weighted by atomic mass is 16.7. The van der Waals surface area contributed by atoms with Crippen LogP contribution in [0, 0.1) is 0 Å². The van der Waals surface area contributed by atoms with Crippen molar-refractivity contribution in [1.29, 1.82) is 0 Å². The third-order valence-electron chi connectivity index (χ3n) is 3.49. The summed E-state index contributed by atoms with van der Waals surface area (Å²) in [4.78, 5) is 8.28. The Morgan fingerprint density at radius 1 is 1.18 bits per heavy atom. The van der Waals surface area contributed by atoms with Crippen LogP contribution in [0.15, 0.2) is 12.4 Å². The molecule has 2 N–H and O–H groups in total. The highest BCUT2D eigenvalue weighted by Gasteiger charge is 2.43. The second kappa shape index (κ2) is 4.23. The van der Waals surface area contributed by atoms with Crippen LogP contribution in [-0.4, -0.2) is 22.4 Å². The topological polar surface area (TPSA) is 70.3 Å². The van der Waals surface area contributed by atoms with Crippen LogP contribution >= 0.6 is 0 Å². The molecule has 0 aromatic carbocycles. The first-order valence-corrected chi connectivity index (χ1v) is 6.17. The Bertz CT molecular complexity index is 387. The van der Waals surface area contributed by atoms with Gasteiger partial charge in [0.1, 0.15) is 11.9 Å². The maximum Gasteiger partial charge on any atom is 0.169 e. The van der Waals surface area contributed by atoms with Crippen molar-refractivity contribution in [2.45, 2.75) is 44.0 Å². The number of hydrogen-bond acceptors (Lipinski definition) is 5. The van der Waals surface area contributed by atoms with Gasteiger partial charge < -0.3 is 15.2 Å². The fraction of sp³-hybridized carbons (Fsp3) is 0.667. The molecular formula is C12H17N3O2. The lowest BCUT2D eigenvalue weighted by Crippen LogP contribution is -2.32. The quantitative estimate of drug-likeness (QED) is 0.803. The predicted molar refractivity (Wildman–Crippen MR) is 62.0 cm³/mol. The highest BCUT2D eigenvalue weighted by molar-refractivity contribution is 5.23.